The van der Waals surface area contributed by atoms with Crippen molar-refractivity contribution < 1.29 is 18.1 Å². The van der Waals surface area contributed by atoms with E-state index in [1.54, 1.807) is 17.2 Å². The number of non-ortho nitro benzene ring substituents is 1. The van der Waals surface area contributed by atoms with Crippen molar-refractivity contribution in [2.24, 2.45) is 0 Å². The number of sulfonamides is 1. The number of fused-ring (bicyclic) bond motifs is 1. The Kier molecular flexibility index (Phi) is 5.81. The number of para-hydroxylation sites is 1. The molecule has 0 aliphatic carbocycles. The molecule has 0 spiro atoms. The molecule has 1 aliphatic rings. The lowest BCUT2D eigenvalue weighted by Crippen LogP contribution is -2.50. The molecule has 0 atom stereocenters. The molecule has 2 aromatic carbocycles. The van der Waals surface area contributed by atoms with Gasteiger partial charge in [0.15, 0.2) is 0 Å². The molecule has 0 radical (unpaired) electrons. The number of allylic oxidation sites excluding steroid dienone is 1. The van der Waals surface area contributed by atoms with Crippen molar-refractivity contribution in [2.45, 2.75) is 11.4 Å². The van der Waals surface area contributed by atoms with Gasteiger partial charge in [-0.2, -0.15) is 4.31 Å². The number of nitrogens with zero attached hydrogens (tertiary/aromatic N) is 4. The lowest BCUT2D eigenvalue weighted by Gasteiger charge is -2.34. The van der Waals surface area contributed by atoms with Crippen LogP contribution in [-0.4, -0.2) is 59.2 Å². The minimum Gasteiger partial charge on any atom is -0.343 e. The lowest BCUT2D eigenvalue weighted by atomic mass is 10.1. The molecule has 0 unspecified atom stereocenters. The second-order valence-corrected chi connectivity index (χ2v) is 9.39. The maximum Gasteiger partial charge on any atom is 0.270 e. The van der Waals surface area contributed by atoms with Gasteiger partial charge in [-0.3, -0.25) is 14.9 Å². The maximum absolute atomic E-state index is 13.2. The van der Waals surface area contributed by atoms with Crippen molar-refractivity contribution in [1.82, 2.24) is 13.8 Å². The molecule has 0 N–H and O–H groups in total. The third kappa shape index (κ3) is 3.90. The van der Waals surface area contributed by atoms with E-state index in [0.717, 1.165) is 17.0 Å². The van der Waals surface area contributed by atoms with E-state index in [9.17, 15) is 23.3 Å². The number of amides is 1. The van der Waals surface area contributed by atoms with Crippen molar-refractivity contribution in [2.75, 3.05) is 26.2 Å². The van der Waals surface area contributed by atoms with Crippen molar-refractivity contribution in [3.8, 4) is 0 Å². The van der Waals surface area contributed by atoms with Gasteiger partial charge in [0.1, 0.15) is 0 Å². The highest BCUT2D eigenvalue weighted by Crippen LogP contribution is 2.25. The van der Waals surface area contributed by atoms with Gasteiger partial charge in [0.05, 0.1) is 15.4 Å². The molecule has 1 amide bonds. The molecule has 4 rings (SSSR count). The molecule has 1 aromatic heterocycles. The Labute approximate surface area is 185 Å². The van der Waals surface area contributed by atoms with Crippen LogP contribution >= 0.6 is 0 Å². The number of rotatable bonds is 6. The third-order valence-electron chi connectivity index (χ3n) is 5.54. The molecule has 10 heteroatoms. The molecule has 166 valence electrons. The summed E-state index contributed by atoms with van der Waals surface area (Å²) in [7, 11) is -3.89. The van der Waals surface area contributed by atoms with Crippen LogP contribution in [0.3, 0.4) is 0 Å². The van der Waals surface area contributed by atoms with Crippen LogP contribution in [0.4, 0.5) is 5.69 Å². The number of hydrogen-bond acceptors (Lipinski definition) is 5. The highest BCUT2D eigenvalue weighted by atomic mass is 32.2. The maximum atomic E-state index is 13.2. The van der Waals surface area contributed by atoms with Gasteiger partial charge in [-0.1, -0.05) is 30.3 Å². The molecule has 1 fully saturated rings. The highest BCUT2D eigenvalue weighted by Gasteiger charge is 2.32. The molecule has 9 nitrogen and oxygen atoms in total. The first-order valence-corrected chi connectivity index (χ1v) is 11.5. The fourth-order valence-corrected chi connectivity index (χ4v) is 5.38. The van der Waals surface area contributed by atoms with Crippen LogP contribution in [0.2, 0.25) is 0 Å². The molecule has 32 heavy (non-hydrogen) atoms. The van der Waals surface area contributed by atoms with Crippen molar-refractivity contribution in [3.63, 3.8) is 0 Å². The Morgan fingerprint density at radius 1 is 1.09 bits per heavy atom. The van der Waals surface area contributed by atoms with Gasteiger partial charge >= 0.3 is 0 Å². The molecule has 0 saturated carbocycles. The van der Waals surface area contributed by atoms with Crippen LogP contribution in [-0.2, 0) is 16.6 Å². The monoisotopic (exact) mass is 454 g/mol. The summed E-state index contributed by atoms with van der Waals surface area (Å²) in [6.45, 7) is 5.02. The van der Waals surface area contributed by atoms with Crippen LogP contribution in [0.5, 0.6) is 0 Å². The first-order valence-electron chi connectivity index (χ1n) is 10.1. The molecule has 2 heterocycles. The smallest absolute Gasteiger partial charge is 0.270 e. The minimum absolute atomic E-state index is 0.113. The number of carbonyl (C=O) groups is 1. The summed E-state index contributed by atoms with van der Waals surface area (Å²) in [6.07, 6.45) is 3.57. The Morgan fingerprint density at radius 2 is 1.81 bits per heavy atom. The summed E-state index contributed by atoms with van der Waals surface area (Å²) < 4.78 is 29.1. The predicted octanol–water partition coefficient (Wildman–Crippen LogP) is 2.88. The topological polar surface area (TPSA) is 106 Å². The van der Waals surface area contributed by atoms with E-state index in [0.29, 0.717) is 12.1 Å². The zero-order valence-corrected chi connectivity index (χ0v) is 18.1. The van der Waals surface area contributed by atoms with Crippen molar-refractivity contribution in [3.05, 3.63) is 83.1 Å². The van der Waals surface area contributed by atoms with E-state index in [1.807, 2.05) is 28.8 Å². The van der Waals surface area contributed by atoms with Crippen LogP contribution < -0.4 is 0 Å². The quantitative estimate of drug-likeness (QED) is 0.323. The van der Waals surface area contributed by atoms with Gasteiger partial charge in [-0.15, -0.1) is 6.58 Å². The number of hydrogen-bond donors (Lipinski definition) is 0. The van der Waals surface area contributed by atoms with Crippen LogP contribution in [0.1, 0.15) is 10.4 Å². The van der Waals surface area contributed by atoms with E-state index in [4.69, 9.17) is 0 Å². The summed E-state index contributed by atoms with van der Waals surface area (Å²) in [5, 5.41) is 11.8. The summed E-state index contributed by atoms with van der Waals surface area (Å²) in [6, 6.07) is 12.6. The highest BCUT2D eigenvalue weighted by molar-refractivity contribution is 7.89. The fourth-order valence-electron chi connectivity index (χ4n) is 3.92. The number of aromatic nitrogens is 1. The normalized spacial score (nSPS) is 15.1. The Morgan fingerprint density at radius 3 is 2.50 bits per heavy atom. The van der Waals surface area contributed by atoms with Gasteiger partial charge in [-0.05, 0) is 12.1 Å². The van der Waals surface area contributed by atoms with Crippen LogP contribution in [0.25, 0.3) is 10.9 Å². The number of benzene rings is 2. The SMILES string of the molecule is C=CCn1cc(C(=O)N2CCN(S(=O)(=O)c3cccc([N+](=O)[O-])c3)CC2)c2ccccc21. The molecular formula is C22H22N4O5S. The second kappa shape index (κ2) is 8.56. The Hall–Kier alpha value is -3.50. The van der Waals surface area contributed by atoms with E-state index in [1.165, 1.54) is 22.5 Å². The largest absolute Gasteiger partial charge is 0.343 e. The zero-order valence-electron chi connectivity index (χ0n) is 17.3. The minimum atomic E-state index is -3.89. The predicted molar refractivity (Wildman–Crippen MR) is 120 cm³/mol. The summed E-state index contributed by atoms with van der Waals surface area (Å²) in [4.78, 5) is 25.1. The summed E-state index contributed by atoms with van der Waals surface area (Å²) in [5.74, 6) is -0.156. The zero-order chi connectivity index (χ0) is 22.9. The standard InChI is InChI=1S/C22H22N4O5S/c1-2-10-24-16-20(19-8-3-4-9-21(19)24)22(27)23-11-13-25(14-12-23)32(30,31)18-7-5-6-17(15-18)26(28)29/h2-9,15-16H,1,10-14H2. The number of carbonyl (C=O) groups excluding carboxylic acids is 1. The Balaban J connectivity index is 1.52. The first kappa shape index (κ1) is 21.7. The molecular weight excluding hydrogens is 432 g/mol. The van der Waals surface area contributed by atoms with Crippen LogP contribution in [0, 0.1) is 10.1 Å². The molecule has 1 aliphatic heterocycles. The van der Waals surface area contributed by atoms with Gasteiger partial charge in [0, 0.05) is 62.0 Å². The van der Waals surface area contributed by atoms with Gasteiger partial charge in [0.2, 0.25) is 10.0 Å². The van der Waals surface area contributed by atoms with Crippen molar-refractivity contribution >= 4 is 32.5 Å². The molecule has 3 aromatic rings. The number of piperazine rings is 1. The van der Waals surface area contributed by atoms with Crippen LogP contribution in [0.15, 0.2) is 72.3 Å². The molecule has 0 bridgehead atoms. The van der Waals surface area contributed by atoms with Gasteiger partial charge in [0.25, 0.3) is 11.6 Å². The summed E-state index contributed by atoms with van der Waals surface area (Å²) in [5.41, 5.74) is 1.22. The van der Waals surface area contributed by atoms with Crippen molar-refractivity contribution in [1.29, 1.82) is 0 Å². The third-order valence-corrected chi connectivity index (χ3v) is 7.43. The summed E-state index contributed by atoms with van der Waals surface area (Å²) >= 11 is 0. The fraction of sp³-hybridized carbons (Fsp3) is 0.227. The Bertz CT molecular complexity index is 1310. The van der Waals surface area contributed by atoms with E-state index < -0.39 is 14.9 Å². The van der Waals surface area contributed by atoms with E-state index in [-0.39, 0.29) is 42.7 Å². The first-order chi connectivity index (χ1) is 15.3. The van der Waals surface area contributed by atoms with Gasteiger partial charge in [-0.25, -0.2) is 8.42 Å². The van der Waals surface area contributed by atoms with Gasteiger partial charge < -0.3 is 9.47 Å². The number of nitro benzene ring substituents is 1. The lowest BCUT2D eigenvalue weighted by molar-refractivity contribution is -0.385. The van der Waals surface area contributed by atoms with E-state index >= 15 is 0 Å². The average molecular weight is 455 g/mol. The van der Waals surface area contributed by atoms with E-state index in [2.05, 4.69) is 6.58 Å². The average Bonchev–Trinajstić information content (AvgIpc) is 3.17. The molecule has 1 saturated heterocycles. The number of nitro groups is 1. The second-order valence-electron chi connectivity index (χ2n) is 7.45.